The number of carbonyl (C=O) groups is 1. The average Bonchev–Trinajstić information content (AvgIpc) is 2.38. The first-order chi connectivity index (χ1) is 8.72. The first-order valence-electron chi connectivity index (χ1n) is 6.94. The summed E-state index contributed by atoms with van der Waals surface area (Å²) in [5.41, 5.74) is 1.24. The Morgan fingerprint density at radius 2 is 1.94 bits per heavy atom. The summed E-state index contributed by atoms with van der Waals surface area (Å²) in [6.45, 7) is 5.82. The zero-order valence-corrected chi connectivity index (χ0v) is 11.6. The molecule has 1 aromatic heterocycles. The standard InChI is InChI=1S/C15H24N2O/c1-3-4-5-6-10-16-15(18)9-13-17-11-7-14(2)8-12-17/h7-8,11-12H,3-6,9-10,13H2,1-2H3/p+1. The number of carbonyl (C=O) groups excluding carboxylic acids is 1. The number of aromatic nitrogens is 1. The molecule has 0 spiro atoms. The van der Waals surface area contributed by atoms with Gasteiger partial charge >= 0.3 is 0 Å². The second-order valence-electron chi connectivity index (χ2n) is 4.77. The Kier molecular flexibility index (Phi) is 7.07. The van der Waals surface area contributed by atoms with Crippen molar-refractivity contribution in [2.45, 2.75) is 52.5 Å². The van der Waals surface area contributed by atoms with E-state index in [-0.39, 0.29) is 5.91 Å². The van der Waals surface area contributed by atoms with Crippen LogP contribution in [0, 0.1) is 6.92 Å². The Hall–Kier alpha value is -1.38. The highest BCUT2D eigenvalue weighted by atomic mass is 16.1. The maximum absolute atomic E-state index is 11.6. The van der Waals surface area contributed by atoms with Crippen LogP contribution in [0.1, 0.15) is 44.6 Å². The number of pyridine rings is 1. The molecule has 0 aliphatic rings. The Morgan fingerprint density at radius 1 is 1.22 bits per heavy atom. The van der Waals surface area contributed by atoms with Crippen LogP contribution in [0.5, 0.6) is 0 Å². The third kappa shape index (κ3) is 6.38. The molecule has 0 fully saturated rings. The lowest BCUT2D eigenvalue weighted by atomic mass is 10.2. The first-order valence-corrected chi connectivity index (χ1v) is 6.94. The van der Waals surface area contributed by atoms with E-state index in [2.05, 4.69) is 31.3 Å². The fourth-order valence-electron chi connectivity index (χ4n) is 1.78. The lowest BCUT2D eigenvalue weighted by molar-refractivity contribution is -0.695. The SMILES string of the molecule is CCCCCCNC(=O)CC[n+]1ccc(C)cc1. The molecule has 0 saturated heterocycles. The summed E-state index contributed by atoms with van der Waals surface area (Å²) < 4.78 is 2.05. The number of nitrogens with one attached hydrogen (secondary N) is 1. The quantitative estimate of drug-likeness (QED) is 0.557. The maximum atomic E-state index is 11.6. The minimum atomic E-state index is 0.152. The van der Waals surface area contributed by atoms with Crippen LogP contribution >= 0.6 is 0 Å². The van der Waals surface area contributed by atoms with Gasteiger partial charge in [0.2, 0.25) is 5.91 Å². The predicted octanol–water partition coefficient (Wildman–Crippen LogP) is 2.37. The van der Waals surface area contributed by atoms with Crippen molar-refractivity contribution in [3.05, 3.63) is 30.1 Å². The van der Waals surface area contributed by atoms with Gasteiger partial charge in [-0.05, 0) is 18.9 Å². The van der Waals surface area contributed by atoms with E-state index in [1.54, 1.807) is 0 Å². The first kappa shape index (κ1) is 14.7. The lowest BCUT2D eigenvalue weighted by Gasteiger charge is -2.03. The van der Waals surface area contributed by atoms with Crippen LogP contribution < -0.4 is 9.88 Å². The highest BCUT2D eigenvalue weighted by Gasteiger charge is 2.05. The Morgan fingerprint density at radius 3 is 2.61 bits per heavy atom. The summed E-state index contributed by atoms with van der Waals surface area (Å²) in [6, 6.07) is 4.12. The van der Waals surface area contributed by atoms with E-state index in [1.165, 1.54) is 24.8 Å². The maximum Gasteiger partial charge on any atom is 0.226 e. The molecule has 0 aromatic carbocycles. The van der Waals surface area contributed by atoms with E-state index in [9.17, 15) is 4.79 Å². The second-order valence-corrected chi connectivity index (χ2v) is 4.77. The zero-order chi connectivity index (χ0) is 13.2. The van der Waals surface area contributed by atoms with E-state index in [0.29, 0.717) is 6.42 Å². The Labute approximate surface area is 110 Å². The van der Waals surface area contributed by atoms with Crippen molar-refractivity contribution in [3.63, 3.8) is 0 Å². The van der Waals surface area contributed by atoms with Gasteiger partial charge in [-0.15, -0.1) is 0 Å². The number of aryl methyl sites for hydroxylation is 2. The van der Waals surface area contributed by atoms with Crippen LogP contribution in [0.2, 0.25) is 0 Å². The molecule has 100 valence electrons. The van der Waals surface area contributed by atoms with Crippen LogP contribution in [0.3, 0.4) is 0 Å². The van der Waals surface area contributed by atoms with Gasteiger partial charge in [0.05, 0.1) is 6.42 Å². The molecule has 18 heavy (non-hydrogen) atoms. The molecule has 0 aliphatic heterocycles. The molecule has 0 unspecified atom stereocenters. The summed E-state index contributed by atoms with van der Waals surface area (Å²) in [5.74, 6) is 0.152. The number of unbranched alkanes of at least 4 members (excludes halogenated alkanes) is 3. The van der Waals surface area contributed by atoms with Gasteiger partial charge in [0.1, 0.15) is 0 Å². The molecular weight excluding hydrogens is 224 g/mol. The summed E-state index contributed by atoms with van der Waals surface area (Å²) in [5, 5.41) is 2.97. The molecule has 0 atom stereocenters. The zero-order valence-electron chi connectivity index (χ0n) is 11.6. The number of nitrogens with zero attached hydrogens (tertiary/aromatic N) is 1. The second kappa shape index (κ2) is 8.67. The molecule has 1 amide bonds. The summed E-state index contributed by atoms with van der Waals surface area (Å²) in [7, 11) is 0. The number of hydrogen-bond acceptors (Lipinski definition) is 1. The van der Waals surface area contributed by atoms with Gasteiger partial charge in [-0.25, -0.2) is 4.57 Å². The van der Waals surface area contributed by atoms with E-state index in [4.69, 9.17) is 0 Å². The van der Waals surface area contributed by atoms with Gasteiger partial charge in [-0.1, -0.05) is 26.2 Å². The van der Waals surface area contributed by atoms with E-state index >= 15 is 0 Å². The van der Waals surface area contributed by atoms with Crippen molar-refractivity contribution >= 4 is 5.91 Å². The Balaban J connectivity index is 2.11. The Bertz CT molecular complexity index is 346. The number of amides is 1. The van der Waals surface area contributed by atoms with Gasteiger partial charge in [-0.2, -0.15) is 0 Å². The van der Waals surface area contributed by atoms with E-state index < -0.39 is 0 Å². The molecule has 0 aliphatic carbocycles. The number of rotatable bonds is 8. The third-order valence-electron chi connectivity index (χ3n) is 3.01. The van der Waals surface area contributed by atoms with Crippen molar-refractivity contribution in [2.24, 2.45) is 0 Å². The molecule has 0 radical (unpaired) electrons. The third-order valence-corrected chi connectivity index (χ3v) is 3.01. The van der Waals surface area contributed by atoms with Gasteiger partial charge in [0, 0.05) is 18.7 Å². The minimum absolute atomic E-state index is 0.152. The highest BCUT2D eigenvalue weighted by Crippen LogP contribution is 1.97. The molecule has 3 heteroatoms. The molecule has 1 rings (SSSR count). The fraction of sp³-hybridized carbons (Fsp3) is 0.600. The van der Waals surface area contributed by atoms with Crippen molar-refractivity contribution in [3.8, 4) is 0 Å². The minimum Gasteiger partial charge on any atom is -0.356 e. The molecular formula is C15H25N2O+. The van der Waals surface area contributed by atoms with Crippen LogP contribution in [-0.2, 0) is 11.3 Å². The van der Waals surface area contributed by atoms with Gasteiger partial charge in [-0.3, -0.25) is 4.79 Å². The van der Waals surface area contributed by atoms with Crippen molar-refractivity contribution in [1.29, 1.82) is 0 Å². The monoisotopic (exact) mass is 249 g/mol. The average molecular weight is 249 g/mol. The van der Waals surface area contributed by atoms with E-state index in [0.717, 1.165) is 19.5 Å². The molecule has 1 N–H and O–H groups in total. The smallest absolute Gasteiger partial charge is 0.226 e. The van der Waals surface area contributed by atoms with Gasteiger partial charge in [0.25, 0.3) is 0 Å². The van der Waals surface area contributed by atoms with Crippen molar-refractivity contribution < 1.29 is 9.36 Å². The van der Waals surface area contributed by atoms with Crippen LogP contribution in [-0.4, -0.2) is 12.5 Å². The molecule has 0 saturated carbocycles. The van der Waals surface area contributed by atoms with Crippen molar-refractivity contribution in [1.82, 2.24) is 5.32 Å². The highest BCUT2D eigenvalue weighted by molar-refractivity contribution is 5.75. The fourth-order valence-corrected chi connectivity index (χ4v) is 1.78. The predicted molar refractivity (Wildman–Crippen MR) is 73.1 cm³/mol. The molecule has 3 nitrogen and oxygen atoms in total. The normalized spacial score (nSPS) is 10.3. The largest absolute Gasteiger partial charge is 0.356 e. The topological polar surface area (TPSA) is 33.0 Å². The van der Waals surface area contributed by atoms with Crippen molar-refractivity contribution in [2.75, 3.05) is 6.54 Å². The number of hydrogen-bond donors (Lipinski definition) is 1. The summed E-state index contributed by atoms with van der Waals surface area (Å²) >= 11 is 0. The molecule has 1 heterocycles. The van der Waals surface area contributed by atoms with Crippen LogP contribution in [0.25, 0.3) is 0 Å². The van der Waals surface area contributed by atoms with Crippen LogP contribution in [0.15, 0.2) is 24.5 Å². The van der Waals surface area contributed by atoms with Gasteiger partial charge < -0.3 is 5.32 Å². The molecule has 1 aromatic rings. The summed E-state index contributed by atoms with van der Waals surface area (Å²) in [6.07, 6.45) is 9.39. The molecule has 0 bridgehead atoms. The van der Waals surface area contributed by atoms with Gasteiger partial charge in [0.15, 0.2) is 18.9 Å². The van der Waals surface area contributed by atoms with E-state index in [1.807, 2.05) is 17.0 Å². The lowest BCUT2D eigenvalue weighted by Crippen LogP contribution is -2.36. The van der Waals surface area contributed by atoms with Crippen LogP contribution in [0.4, 0.5) is 0 Å². The summed E-state index contributed by atoms with van der Waals surface area (Å²) in [4.78, 5) is 11.6.